The standard InChI is InChI=1S/C10H10N4O2S/c1-5-12-10(14-13-5)17-8-3-2-6(11)4-7(8)9(15)16/h2-4H,11H2,1H3,(H,15,16)(H,12,13,14). The van der Waals surface area contributed by atoms with Crippen LogP contribution in [0.1, 0.15) is 16.2 Å². The molecule has 0 unspecified atom stereocenters. The molecule has 4 N–H and O–H groups in total. The molecular formula is C10H10N4O2S. The molecule has 2 aromatic rings. The average Bonchev–Trinajstić information content (AvgIpc) is 2.66. The van der Waals surface area contributed by atoms with Gasteiger partial charge in [-0.05, 0) is 36.9 Å². The van der Waals surface area contributed by atoms with Gasteiger partial charge in [-0.25, -0.2) is 9.78 Å². The number of carboxylic acid groups (broad SMARTS) is 1. The van der Waals surface area contributed by atoms with E-state index in [1.165, 1.54) is 17.8 Å². The minimum atomic E-state index is -1.02. The van der Waals surface area contributed by atoms with Crippen molar-refractivity contribution in [2.45, 2.75) is 17.0 Å². The molecular weight excluding hydrogens is 240 g/mol. The van der Waals surface area contributed by atoms with E-state index in [0.29, 0.717) is 21.6 Å². The zero-order valence-corrected chi connectivity index (χ0v) is 9.78. The van der Waals surface area contributed by atoms with Gasteiger partial charge in [0.05, 0.1) is 5.56 Å². The number of nitrogens with zero attached hydrogens (tertiary/aromatic N) is 2. The first kappa shape index (κ1) is 11.5. The summed E-state index contributed by atoms with van der Waals surface area (Å²) in [5.74, 6) is -0.341. The Kier molecular flexibility index (Phi) is 3.01. The molecule has 0 aliphatic carbocycles. The summed E-state index contributed by atoms with van der Waals surface area (Å²) in [5.41, 5.74) is 6.12. The Hall–Kier alpha value is -2.02. The van der Waals surface area contributed by atoms with Crippen LogP contribution in [0.4, 0.5) is 5.69 Å². The lowest BCUT2D eigenvalue weighted by Gasteiger charge is -2.03. The number of hydrogen-bond donors (Lipinski definition) is 3. The predicted molar refractivity (Wildman–Crippen MR) is 63.1 cm³/mol. The van der Waals surface area contributed by atoms with Crippen LogP contribution in [-0.2, 0) is 0 Å². The lowest BCUT2D eigenvalue weighted by Crippen LogP contribution is -2.00. The molecule has 0 aliphatic rings. The number of benzene rings is 1. The topological polar surface area (TPSA) is 105 Å². The van der Waals surface area contributed by atoms with Gasteiger partial charge in [-0.15, -0.1) is 5.10 Å². The zero-order valence-electron chi connectivity index (χ0n) is 8.97. The maximum Gasteiger partial charge on any atom is 0.336 e. The largest absolute Gasteiger partial charge is 0.478 e. The lowest BCUT2D eigenvalue weighted by atomic mass is 10.2. The Balaban J connectivity index is 2.35. The number of aromatic amines is 1. The number of nitrogens with two attached hydrogens (primary N) is 1. The Morgan fingerprint density at radius 2 is 2.29 bits per heavy atom. The zero-order chi connectivity index (χ0) is 12.4. The molecule has 1 aromatic carbocycles. The summed E-state index contributed by atoms with van der Waals surface area (Å²) in [6.07, 6.45) is 0. The van der Waals surface area contributed by atoms with Crippen LogP contribution in [0.2, 0.25) is 0 Å². The van der Waals surface area contributed by atoms with Gasteiger partial charge in [0.2, 0.25) is 5.16 Å². The van der Waals surface area contributed by atoms with Crippen LogP contribution in [0, 0.1) is 6.92 Å². The van der Waals surface area contributed by atoms with E-state index in [1.807, 2.05) is 0 Å². The predicted octanol–water partition coefficient (Wildman–Crippen LogP) is 1.54. The van der Waals surface area contributed by atoms with Crippen molar-refractivity contribution in [2.75, 3.05) is 5.73 Å². The number of aryl methyl sites for hydroxylation is 1. The highest BCUT2D eigenvalue weighted by Crippen LogP contribution is 2.29. The third-order valence-electron chi connectivity index (χ3n) is 2.01. The molecule has 0 spiro atoms. The van der Waals surface area contributed by atoms with Gasteiger partial charge >= 0.3 is 5.97 Å². The van der Waals surface area contributed by atoms with Gasteiger partial charge in [-0.3, -0.25) is 5.10 Å². The fourth-order valence-corrected chi connectivity index (χ4v) is 2.13. The van der Waals surface area contributed by atoms with Crippen LogP contribution in [0.15, 0.2) is 28.3 Å². The van der Waals surface area contributed by atoms with Crippen LogP contribution in [0.25, 0.3) is 0 Å². The Labute approximate surface area is 101 Å². The van der Waals surface area contributed by atoms with Crippen molar-refractivity contribution in [1.29, 1.82) is 0 Å². The second-order valence-electron chi connectivity index (χ2n) is 3.37. The monoisotopic (exact) mass is 250 g/mol. The van der Waals surface area contributed by atoms with Crippen molar-refractivity contribution in [3.63, 3.8) is 0 Å². The number of aromatic carboxylic acids is 1. The molecule has 0 aliphatic heterocycles. The van der Waals surface area contributed by atoms with E-state index in [0.717, 1.165) is 0 Å². The highest BCUT2D eigenvalue weighted by atomic mass is 32.2. The Morgan fingerprint density at radius 1 is 1.53 bits per heavy atom. The van der Waals surface area contributed by atoms with Gasteiger partial charge < -0.3 is 10.8 Å². The van der Waals surface area contributed by atoms with Gasteiger partial charge in [0.15, 0.2) is 0 Å². The van der Waals surface area contributed by atoms with Crippen molar-refractivity contribution >= 4 is 23.4 Å². The van der Waals surface area contributed by atoms with Crippen molar-refractivity contribution in [3.8, 4) is 0 Å². The van der Waals surface area contributed by atoms with Crippen LogP contribution in [0.5, 0.6) is 0 Å². The summed E-state index contributed by atoms with van der Waals surface area (Å²) in [4.78, 5) is 15.7. The third kappa shape index (κ3) is 2.56. The molecule has 7 heteroatoms. The SMILES string of the molecule is Cc1nc(Sc2ccc(N)cc2C(=O)O)n[nH]1. The maximum absolute atomic E-state index is 11.1. The lowest BCUT2D eigenvalue weighted by molar-refractivity contribution is 0.0693. The normalized spacial score (nSPS) is 10.4. The van der Waals surface area contributed by atoms with E-state index < -0.39 is 5.97 Å². The Bertz CT molecular complexity index is 567. The molecule has 0 bridgehead atoms. The fraction of sp³-hybridized carbons (Fsp3) is 0.100. The van der Waals surface area contributed by atoms with Crippen LogP contribution in [0.3, 0.4) is 0 Å². The van der Waals surface area contributed by atoms with Crippen LogP contribution < -0.4 is 5.73 Å². The fourth-order valence-electron chi connectivity index (χ4n) is 1.27. The first-order chi connectivity index (χ1) is 8.06. The highest BCUT2D eigenvalue weighted by Gasteiger charge is 2.13. The van der Waals surface area contributed by atoms with Gasteiger partial charge in [0, 0.05) is 10.6 Å². The van der Waals surface area contributed by atoms with Crippen molar-refractivity contribution in [1.82, 2.24) is 15.2 Å². The minimum Gasteiger partial charge on any atom is -0.478 e. The molecule has 88 valence electrons. The van der Waals surface area contributed by atoms with Gasteiger partial charge in [-0.2, -0.15) is 0 Å². The number of rotatable bonds is 3. The molecule has 0 fully saturated rings. The van der Waals surface area contributed by atoms with Gasteiger partial charge in [0.1, 0.15) is 5.82 Å². The number of anilines is 1. The minimum absolute atomic E-state index is 0.150. The first-order valence-electron chi connectivity index (χ1n) is 4.76. The van der Waals surface area contributed by atoms with Crippen LogP contribution >= 0.6 is 11.8 Å². The molecule has 0 saturated heterocycles. The van der Waals surface area contributed by atoms with E-state index in [1.54, 1.807) is 19.1 Å². The number of H-pyrrole nitrogens is 1. The van der Waals surface area contributed by atoms with E-state index in [-0.39, 0.29) is 5.56 Å². The van der Waals surface area contributed by atoms with E-state index in [4.69, 9.17) is 10.8 Å². The maximum atomic E-state index is 11.1. The van der Waals surface area contributed by atoms with Crippen molar-refractivity contribution in [2.24, 2.45) is 0 Å². The highest BCUT2D eigenvalue weighted by molar-refractivity contribution is 7.99. The molecule has 0 amide bonds. The van der Waals surface area contributed by atoms with E-state index >= 15 is 0 Å². The number of nitrogen functional groups attached to an aromatic ring is 1. The summed E-state index contributed by atoms with van der Waals surface area (Å²) < 4.78 is 0. The summed E-state index contributed by atoms with van der Waals surface area (Å²) >= 11 is 1.18. The van der Waals surface area contributed by atoms with Crippen molar-refractivity contribution in [3.05, 3.63) is 29.6 Å². The summed E-state index contributed by atoms with van der Waals surface area (Å²) in [6, 6.07) is 4.72. The van der Waals surface area contributed by atoms with Gasteiger partial charge in [0.25, 0.3) is 0 Å². The number of carbonyl (C=O) groups is 1. The molecule has 0 radical (unpaired) electrons. The molecule has 1 heterocycles. The molecule has 6 nitrogen and oxygen atoms in total. The number of hydrogen-bond acceptors (Lipinski definition) is 5. The summed E-state index contributed by atoms with van der Waals surface area (Å²) in [5, 5.41) is 16.2. The Morgan fingerprint density at radius 3 is 2.88 bits per heavy atom. The second kappa shape index (κ2) is 4.46. The van der Waals surface area contributed by atoms with E-state index in [9.17, 15) is 4.79 Å². The van der Waals surface area contributed by atoms with Gasteiger partial charge in [-0.1, -0.05) is 0 Å². The third-order valence-corrected chi connectivity index (χ3v) is 2.95. The molecule has 17 heavy (non-hydrogen) atoms. The molecule has 0 atom stereocenters. The quantitative estimate of drug-likeness (QED) is 0.714. The second-order valence-corrected chi connectivity index (χ2v) is 4.38. The summed E-state index contributed by atoms with van der Waals surface area (Å²) in [7, 11) is 0. The molecule has 2 rings (SSSR count). The number of carboxylic acids is 1. The average molecular weight is 250 g/mol. The smallest absolute Gasteiger partial charge is 0.336 e. The number of nitrogens with one attached hydrogen (secondary N) is 1. The summed E-state index contributed by atoms with van der Waals surface area (Å²) in [6.45, 7) is 1.78. The molecule has 1 aromatic heterocycles. The van der Waals surface area contributed by atoms with Crippen LogP contribution in [-0.4, -0.2) is 26.3 Å². The number of aromatic nitrogens is 3. The molecule has 0 saturated carbocycles. The first-order valence-corrected chi connectivity index (χ1v) is 5.57. The van der Waals surface area contributed by atoms with Crippen molar-refractivity contribution < 1.29 is 9.90 Å². The van der Waals surface area contributed by atoms with E-state index in [2.05, 4.69) is 15.2 Å².